The molecule has 3 nitrogen and oxygen atoms in total. The molecule has 3 heteroatoms. The molecule has 0 bridgehead atoms. The van der Waals surface area contributed by atoms with Crippen LogP contribution in [0, 0.1) is 18.3 Å². The summed E-state index contributed by atoms with van der Waals surface area (Å²) in [6.07, 6.45) is 4.01. The lowest BCUT2D eigenvalue weighted by Gasteiger charge is -2.29. The Balaban J connectivity index is 2.13. The van der Waals surface area contributed by atoms with Crippen LogP contribution >= 0.6 is 0 Å². The van der Waals surface area contributed by atoms with Crippen molar-refractivity contribution in [2.45, 2.75) is 31.3 Å². The van der Waals surface area contributed by atoms with Crippen LogP contribution < -0.4 is 0 Å². The molecular formula is C17H16N2O. The van der Waals surface area contributed by atoms with E-state index in [1.54, 1.807) is 12.4 Å². The standard InChI is InChI=1S/C17H16N2O/c1-12-7-9-19-10-14(12)16(20)17(11-18)8-6-13-4-2-3-5-15(13)17/h2-5,7,9-10,16,20H,6,8H2,1H3. The quantitative estimate of drug-likeness (QED) is 0.907. The summed E-state index contributed by atoms with van der Waals surface area (Å²) in [5.74, 6) is 0. The molecule has 1 aromatic carbocycles. The minimum absolute atomic E-state index is 0.651. The van der Waals surface area contributed by atoms with Gasteiger partial charge in [-0.3, -0.25) is 4.98 Å². The molecule has 2 atom stereocenters. The molecule has 0 aliphatic heterocycles. The van der Waals surface area contributed by atoms with Crippen LogP contribution in [0.1, 0.15) is 34.8 Å². The van der Waals surface area contributed by atoms with Crippen LogP contribution in [0.2, 0.25) is 0 Å². The summed E-state index contributed by atoms with van der Waals surface area (Å²) in [6.45, 7) is 1.94. The van der Waals surface area contributed by atoms with Gasteiger partial charge in [-0.1, -0.05) is 24.3 Å². The maximum absolute atomic E-state index is 10.8. The van der Waals surface area contributed by atoms with Crippen molar-refractivity contribution >= 4 is 0 Å². The van der Waals surface area contributed by atoms with Crippen LogP contribution in [-0.4, -0.2) is 10.1 Å². The van der Waals surface area contributed by atoms with Crippen molar-refractivity contribution in [2.75, 3.05) is 0 Å². The predicted octanol–water partition coefficient (Wildman–Crippen LogP) is 2.83. The summed E-state index contributed by atoms with van der Waals surface area (Å²) in [6, 6.07) is 12.2. The van der Waals surface area contributed by atoms with Gasteiger partial charge in [-0.25, -0.2) is 0 Å². The molecule has 0 radical (unpaired) electrons. The number of benzene rings is 1. The predicted molar refractivity (Wildman–Crippen MR) is 76.0 cm³/mol. The van der Waals surface area contributed by atoms with Crippen LogP contribution in [0.15, 0.2) is 42.7 Å². The smallest absolute Gasteiger partial charge is 0.113 e. The third-order valence-corrected chi connectivity index (χ3v) is 4.33. The van der Waals surface area contributed by atoms with E-state index < -0.39 is 11.5 Å². The van der Waals surface area contributed by atoms with Gasteiger partial charge in [0.2, 0.25) is 0 Å². The lowest BCUT2D eigenvalue weighted by molar-refractivity contribution is 0.110. The first-order valence-corrected chi connectivity index (χ1v) is 6.77. The normalized spacial score (nSPS) is 22.1. The van der Waals surface area contributed by atoms with Crippen molar-refractivity contribution in [1.82, 2.24) is 4.98 Å². The summed E-state index contributed by atoms with van der Waals surface area (Å²) >= 11 is 0. The number of fused-ring (bicyclic) bond motifs is 1. The minimum atomic E-state index is -0.857. The maximum Gasteiger partial charge on any atom is 0.113 e. The first-order valence-electron chi connectivity index (χ1n) is 6.77. The van der Waals surface area contributed by atoms with Crippen molar-refractivity contribution in [3.8, 4) is 6.07 Å². The molecule has 100 valence electrons. The second-order valence-electron chi connectivity index (χ2n) is 5.38. The summed E-state index contributed by atoms with van der Waals surface area (Å²) in [7, 11) is 0. The highest BCUT2D eigenvalue weighted by Crippen LogP contribution is 2.47. The zero-order chi connectivity index (χ0) is 14.2. The first-order chi connectivity index (χ1) is 9.69. The van der Waals surface area contributed by atoms with Crippen LogP contribution in [-0.2, 0) is 11.8 Å². The van der Waals surface area contributed by atoms with Crippen molar-refractivity contribution in [3.05, 3.63) is 65.0 Å². The van der Waals surface area contributed by atoms with E-state index in [1.165, 1.54) is 0 Å². The highest BCUT2D eigenvalue weighted by atomic mass is 16.3. The van der Waals surface area contributed by atoms with E-state index in [2.05, 4.69) is 11.1 Å². The molecule has 1 aromatic heterocycles. The number of aromatic nitrogens is 1. The van der Waals surface area contributed by atoms with E-state index in [0.29, 0.717) is 6.42 Å². The van der Waals surface area contributed by atoms with Crippen molar-refractivity contribution < 1.29 is 5.11 Å². The van der Waals surface area contributed by atoms with Gasteiger partial charge in [0.25, 0.3) is 0 Å². The largest absolute Gasteiger partial charge is 0.386 e. The van der Waals surface area contributed by atoms with E-state index in [0.717, 1.165) is 28.7 Å². The third-order valence-electron chi connectivity index (χ3n) is 4.33. The average Bonchev–Trinajstić information content (AvgIpc) is 2.87. The van der Waals surface area contributed by atoms with Crippen LogP contribution in [0.5, 0.6) is 0 Å². The molecule has 0 saturated heterocycles. The summed E-state index contributed by atoms with van der Waals surface area (Å²) < 4.78 is 0. The highest BCUT2D eigenvalue weighted by Gasteiger charge is 2.46. The zero-order valence-corrected chi connectivity index (χ0v) is 11.4. The Hall–Kier alpha value is -2.18. The van der Waals surface area contributed by atoms with Gasteiger partial charge in [0.15, 0.2) is 0 Å². The number of nitrogens with zero attached hydrogens (tertiary/aromatic N) is 2. The molecule has 0 amide bonds. The maximum atomic E-state index is 10.8. The van der Waals surface area contributed by atoms with Gasteiger partial charge >= 0.3 is 0 Å². The molecule has 2 unspecified atom stereocenters. The summed E-state index contributed by atoms with van der Waals surface area (Å²) in [4.78, 5) is 4.09. The summed E-state index contributed by atoms with van der Waals surface area (Å²) in [5, 5.41) is 20.6. The second-order valence-corrected chi connectivity index (χ2v) is 5.38. The minimum Gasteiger partial charge on any atom is -0.386 e. The van der Waals surface area contributed by atoms with Gasteiger partial charge in [0.1, 0.15) is 11.5 Å². The number of aryl methyl sites for hydroxylation is 2. The number of nitriles is 1. The highest BCUT2D eigenvalue weighted by molar-refractivity contribution is 5.47. The fourth-order valence-electron chi connectivity index (χ4n) is 3.13. The first kappa shape index (κ1) is 12.8. The molecule has 1 aliphatic carbocycles. The second kappa shape index (κ2) is 4.73. The number of hydrogen-bond donors (Lipinski definition) is 1. The van der Waals surface area contributed by atoms with E-state index in [1.807, 2.05) is 37.3 Å². The van der Waals surface area contributed by atoms with Crippen LogP contribution in [0.4, 0.5) is 0 Å². The van der Waals surface area contributed by atoms with E-state index >= 15 is 0 Å². The van der Waals surface area contributed by atoms with Crippen molar-refractivity contribution in [1.29, 1.82) is 5.26 Å². The molecule has 2 aromatic rings. The van der Waals surface area contributed by atoms with Gasteiger partial charge in [0, 0.05) is 18.0 Å². The van der Waals surface area contributed by atoms with Gasteiger partial charge < -0.3 is 5.11 Å². The SMILES string of the molecule is Cc1ccncc1C(O)C1(C#N)CCc2ccccc21. The lowest BCUT2D eigenvalue weighted by Crippen LogP contribution is -2.30. The van der Waals surface area contributed by atoms with Crippen LogP contribution in [0.3, 0.4) is 0 Å². The number of aliphatic hydroxyl groups excluding tert-OH is 1. The van der Waals surface area contributed by atoms with Gasteiger partial charge in [-0.2, -0.15) is 5.26 Å². The molecule has 3 rings (SSSR count). The molecule has 1 N–H and O–H groups in total. The van der Waals surface area contributed by atoms with Gasteiger partial charge in [-0.15, -0.1) is 0 Å². The van der Waals surface area contributed by atoms with Crippen molar-refractivity contribution in [2.24, 2.45) is 0 Å². The Morgan fingerprint density at radius 2 is 2.15 bits per heavy atom. The fourth-order valence-corrected chi connectivity index (χ4v) is 3.13. The molecule has 0 spiro atoms. The Labute approximate surface area is 118 Å². The Kier molecular flexibility index (Phi) is 3.04. The third kappa shape index (κ3) is 1.73. The van der Waals surface area contributed by atoms with Crippen molar-refractivity contribution in [3.63, 3.8) is 0 Å². The number of aliphatic hydroxyl groups is 1. The molecule has 0 saturated carbocycles. The molecular weight excluding hydrogens is 248 g/mol. The van der Waals surface area contributed by atoms with Gasteiger partial charge in [0.05, 0.1) is 6.07 Å². The molecule has 20 heavy (non-hydrogen) atoms. The van der Waals surface area contributed by atoms with Crippen LogP contribution in [0.25, 0.3) is 0 Å². The molecule has 1 heterocycles. The summed E-state index contributed by atoms with van der Waals surface area (Å²) in [5.41, 5.74) is 2.97. The fraction of sp³-hybridized carbons (Fsp3) is 0.294. The molecule has 0 fully saturated rings. The van der Waals surface area contributed by atoms with E-state index in [4.69, 9.17) is 0 Å². The Bertz CT molecular complexity index is 689. The number of rotatable bonds is 2. The van der Waals surface area contributed by atoms with E-state index in [-0.39, 0.29) is 0 Å². The Morgan fingerprint density at radius 3 is 2.90 bits per heavy atom. The Morgan fingerprint density at radius 1 is 1.35 bits per heavy atom. The average molecular weight is 264 g/mol. The number of pyridine rings is 1. The lowest BCUT2D eigenvalue weighted by atomic mass is 9.75. The number of hydrogen-bond acceptors (Lipinski definition) is 3. The molecule has 1 aliphatic rings. The monoisotopic (exact) mass is 264 g/mol. The topological polar surface area (TPSA) is 56.9 Å². The van der Waals surface area contributed by atoms with E-state index in [9.17, 15) is 10.4 Å². The zero-order valence-electron chi connectivity index (χ0n) is 11.4. The van der Waals surface area contributed by atoms with Gasteiger partial charge in [-0.05, 0) is 42.5 Å².